The molecular weight excluding hydrogens is 382 g/mol. The molecule has 2 aromatic carbocycles. The molecule has 1 saturated heterocycles. The van der Waals surface area contributed by atoms with Crippen LogP contribution in [0.2, 0.25) is 0 Å². The summed E-state index contributed by atoms with van der Waals surface area (Å²) in [6.45, 7) is 4.91. The minimum atomic E-state index is -0.168. The Balaban J connectivity index is 1.52. The molecule has 1 unspecified atom stereocenters. The maximum Gasteiger partial charge on any atom is 0.249 e. The van der Waals surface area contributed by atoms with Crippen LogP contribution in [0.3, 0.4) is 0 Å². The molecule has 0 aliphatic carbocycles. The van der Waals surface area contributed by atoms with Crippen LogP contribution in [0, 0.1) is 0 Å². The Kier molecular flexibility index (Phi) is 5.72. The Bertz CT molecular complexity index is 980. The molecule has 6 heteroatoms. The second-order valence-electron chi connectivity index (χ2n) is 7.66. The van der Waals surface area contributed by atoms with Crippen molar-refractivity contribution < 1.29 is 9.32 Å². The number of likely N-dealkylation sites (tertiary alicyclic amines) is 1. The minimum absolute atomic E-state index is 0.131. The zero-order valence-corrected chi connectivity index (χ0v) is 17.8. The number of carbonyl (C=O) groups excluding carboxylic acids is 1. The standard InChI is InChI=1S/C23H25N3O2S/c1-15(2)17-6-4-16(5-7-17)14-26-20(12-13-21(26)27)23-24-22(25-28-23)18-8-10-19(29-3)11-9-18/h4-11,15,20H,12-14H2,1-3H3. The van der Waals surface area contributed by atoms with E-state index in [4.69, 9.17) is 4.52 Å². The molecule has 1 aliphatic rings. The summed E-state index contributed by atoms with van der Waals surface area (Å²) >= 11 is 1.69. The van der Waals surface area contributed by atoms with Gasteiger partial charge < -0.3 is 9.42 Å². The minimum Gasteiger partial charge on any atom is -0.337 e. The van der Waals surface area contributed by atoms with Gasteiger partial charge in [-0.1, -0.05) is 43.3 Å². The molecule has 1 aromatic heterocycles. The lowest BCUT2D eigenvalue weighted by Crippen LogP contribution is -2.27. The Morgan fingerprint density at radius 1 is 1.14 bits per heavy atom. The van der Waals surface area contributed by atoms with E-state index in [9.17, 15) is 4.79 Å². The SMILES string of the molecule is CSc1ccc(-c2noc(C3CCC(=O)N3Cc3ccc(C(C)C)cc3)n2)cc1. The first kappa shape index (κ1) is 19.7. The first-order valence-corrected chi connectivity index (χ1v) is 11.1. The fourth-order valence-electron chi connectivity index (χ4n) is 3.62. The molecule has 150 valence electrons. The number of carbonyl (C=O) groups is 1. The summed E-state index contributed by atoms with van der Waals surface area (Å²) in [6.07, 6.45) is 3.26. The number of hydrogen-bond acceptors (Lipinski definition) is 5. The molecular formula is C23H25N3O2S. The molecule has 1 fully saturated rings. The topological polar surface area (TPSA) is 59.2 Å². The maximum absolute atomic E-state index is 12.5. The third-order valence-electron chi connectivity index (χ3n) is 5.40. The molecule has 5 nitrogen and oxygen atoms in total. The fourth-order valence-corrected chi connectivity index (χ4v) is 4.03. The summed E-state index contributed by atoms with van der Waals surface area (Å²) in [5.41, 5.74) is 3.33. The van der Waals surface area contributed by atoms with Crippen LogP contribution in [0.1, 0.15) is 55.7 Å². The summed E-state index contributed by atoms with van der Waals surface area (Å²) in [7, 11) is 0. The van der Waals surface area contributed by atoms with Gasteiger partial charge in [0.25, 0.3) is 0 Å². The highest BCUT2D eigenvalue weighted by atomic mass is 32.2. The van der Waals surface area contributed by atoms with Gasteiger partial charge in [0.15, 0.2) is 0 Å². The van der Waals surface area contributed by atoms with Gasteiger partial charge in [-0.2, -0.15) is 4.98 Å². The molecule has 0 spiro atoms. The molecule has 29 heavy (non-hydrogen) atoms. The monoisotopic (exact) mass is 407 g/mol. The Labute approximate surface area is 175 Å². The van der Waals surface area contributed by atoms with Crippen molar-refractivity contribution in [3.05, 3.63) is 65.5 Å². The zero-order chi connectivity index (χ0) is 20.4. The van der Waals surface area contributed by atoms with E-state index in [0.717, 1.165) is 11.1 Å². The number of rotatable bonds is 6. The van der Waals surface area contributed by atoms with Crippen LogP contribution in [0.5, 0.6) is 0 Å². The van der Waals surface area contributed by atoms with Gasteiger partial charge in [0, 0.05) is 23.4 Å². The van der Waals surface area contributed by atoms with Gasteiger partial charge in [0.05, 0.1) is 0 Å². The smallest absolute Gasteiger partial charge is 0.249 e. The highest BCUT2D eigenvalue weighted by Gasteiger charge is 2.36. The third kappa shape index (κ3) is 4.22. The number of amides is 1. The summed E-state index contributed by atoms with van der Waals surface area (Å²) < 4.78 is 5.57. The van der Waals surface area contributed by atoms with Crippen molar-refractivity contribution in [3.8, 4) is 11.4 Å². The molecule has 0 N–H and O–H groups in total. The lowest BCUT2D eigenvalue weighted by molar-refractivity contribution is -0.129. The molecule has 1 aliphatic heterocycles. The van der Waals surface area contributed by atoms with Crippen LogP contribution in [-0.4, -0.2) is 27.2 Å². The second-order valence-corrected chi connectivity index (χ2v) is 8.54. The first-order chi connectivity index (χ1) is 14.0. The zero-order valence-electron chi connectivity index (χ0n) is 17.0. The number of nitrogens with zero attached hydrogens (tertiary/aromatic N) is 3. The van der Waals surface area contributed by atoms with Gasteiger partial charge in [0.1, 0.15) is 6.04 Å². The molecule has 1 atom stereocenters. The highest BCUT2D eigenvalue weighted by molar-refractivity contribution is 7.98. The van der Waals surface area contributed by atoms with Crippen molar-refractivity contribution in [2.45, 2.75) is 50.1 Å². The molecule has 0 saturated carbocycles. The lowest BCUT2D eigenvalue weighted by Gasteiger charge is -2.22. The van der Waals surface area contributed by atoms with E-state index in [-0.39, 0.29) is 11.9 Å². The normalized spacial score (nSPS) is 16.8. The Morgan fingerprint density at radius 3 is 2.52 bits per heavy atom. The van der Waals surface area contributed by atoms with Crippen LogP contribution in [-0.2, 0) is 11.3 Å². The molecule has 3 aromatic rings. The van der Waals surface area contributed by atoms with Crippen molar-refractivity contribution in [1.29, 1.82) is 0 Å². The summed E-state index contributed by atoms with van der Waals surface area (Å²) in [5, 5.41) is 4.15. The Hall–Kier alpha value is -2.60. The third-order valence-corrected chi connectivity index (χ3v) is 6.15. The van der Waals surface area contributed by atoms with Crippen LogP contribution < -0.4 is 0 Å². The number of hydrogen-bond donors (Lipinski definition) is 0. The van der Waals surface area contributed by atoms with Crippen molar-refractivity contribution in [1.82, 2.24) is 15.0 Å². The van der Waals surface area contributed by atoms with E-state index in [2.05, 4.69) is 48.3 Å². The molecule has 2 heterocycles. The van der Waals surface area contributed by atoms with Crippen LogP contribution in [0.15, 0.2) is 57.9 Å². The number of aromatic nitrogens is 2. The maximum atomic E-state index is 12.5. The second kappa shape index (κ2) is 8.41. The van der Waals surface area contributed by atoms with Crippen molar-refractivity contribution >= 4 is 17.7 Å². The van der Waals surface area contributed by atoms with E-state index in [1.165, 1.54) is 10.5 Å². The summed E-state index contributed by atoms with van der Waals surface area (Å²) in [4.78, 5) is 20.2. The van der Waals surface area contributed by atoms with Gasteiger partial charge in [-0.3, -0.25) is 4.79 Å². The van der Waals surface area contributed by atoms with Crippen molar-refractivity contribution in [3.63, 3.8) is 0 Å². The average molecular weight is 408 g/mol. The molecule has 0 radical (unpaired) electrons. The van der Waals surface area contributed by atoms with Gasteiger partial charge in [-0.15, -0.1) is 11.8 Å². The molecule has 0 bridgehead atoms. The first-order valence-electron chi connectivity index (χ1n) is 9.91. The molecule has 1 amide bonds. The van der Waals surface area contributed by atoms with Crippen LogP contribution >= 0.6 is 11.8 Å². The number of benzene rings is 2. The van der Waals surface area contributed by atoms with Gasteiger partial charge in [-0.05, 0) is 54.0 Å². The van der Waals surface area contributed by atoms with Gasteiger partial charge in [-0.25, -0.2) is 0 Å². The van der Waals surface area contributed by atoms with E-state index in [0.29, 0.717) is 37.0 Å². The van der Waals surface area contributed by atoms with E-state index >= 15 is 0 Å². The average Bonchev–Trinajstić information content (AvgIpc) is 3.36. The lowest BCUT2D eigenvalue weighted by atomic mass is 10.0. The summed E-state index contributed by atoms with van der Waals surface area (Å²) in [5.74, 6) is 1.70. The highest BCUT2D eigenvalue weighted by Crippen LogP contribution is 2.34. The van der Waals surface area contributed by atoms with E-state index < -0.39 is 0 Å². The van der Waals surface area contributed by atoms with Gasteiger partial charge >= 0.3 is 0 Å². The largest absolute Gasteiger partial charge is 0.337 e. The number of thioether (sulfide) groups is 1. The quantitative estimate of drug-likeness (QED) is 0.509. The van der Waals surface area contributed by atoms with Crippen LogP contribution in [0.25, 0.3) is 11.4 Å². The van der Waals surface area contributed by atoms with Crippen molar-refractivity contribution in [2.24, 2.45) is 0 Å². The predicted molar refractivity (Wildman–Crippen MR) is 115 cm³/mol. The van der Waals surface area contributed by atoms with E-state index in [1.54, 1.807) is 11.8 Å². The van der Waals surface area contributed by atoms with Crippen LogP contribution in [0.4, 0.5) is 0 Å². The fraction of sp³-hybridized carbons (Fsp3) is 0.348. The Morgan fingerprint density at radius 2 is 1.86 bits per heavy atom. The summed E-state index contributed by atoms with van der Waals surface area (Å²) in [6, 6.07) is 16.4. The van der Waals surface area contributed by atoms with Gasteiger partial charge in [0.2, 0.25) is 17.6 Å². The molecule has 4 rings (SSSR count). The van der Waals surface area contributed by atoms with E-state index in [1.807, 2.05) is 35.4 Å². The van der Waals surface area contributed by atoms with Crippen molar-refractivity contribution in [2.75, 3.05) is 6.26 Å². The predicted octanol–water partition coefficient (Wildman–Crippen LogP) is 5.45.